The maximum Gasteiger partial charge on any atom is 0.236 e. The van der Waals surface area contributed by atoms with Crippen LogP contribution in [0.15, 0.2) is 12.1 Å². The predicted molar refractivity (Wildman–Crippen MR) is 56.7 cm³/mol. The second kappa shape index (κ2) is 3.60. The minimum absolute atomic E-state index is 0.0202. The molecule has 0 aromatic carbocycles. The fourth-order valence-electron chi connectivity index (χ4n) is 1.25. The summed E-state index contributed by atoms with van der Waals surface area (Å²) in [6.07, 6.45) is -0.0202. The molecule has 2 heterocycles. The van der Waals surface area contributed by atoms with Crippen molar-refractivity contribution in [3.63, 3.8) is 0 Å². The van der Waals surface area contributed by atoms with Crippen LogP contribution in [0.25, 0.3) is 0 Å². The van der Waals surface area contributed by atoms with Gasteiger partial charge in [-0.3, -0.25) is 14.5 Å². The lowest BCUT2D eigenvalue weighted by Gasteiger charge is -2.11. The normalized spacial score (nSPS) is 16.5. The highest BCUT2D eigenvalue weighted by Crippen LogP contribution is 2.16. The Morgan fingerprint density at radius 2 is 2.07 bits per heavy atom. The van der Waals surface area contributed by atoms with Crippen molar-refractivity contribution in [2.45, 2.75) is 6.42 Å². The van der Waals surface area contributed by atoms with Gasteiger partial charge in [0.25, 0.3) is 0 Å². The van der Waals surface area contributed by atoms with Crippen LogP contribution in [-0.2, 0) is 9.59 Å². The molecular weight excluding hydrogens is 297 g/mol. The van der Waals surface area contributed by atoms with Crippen LogP contribution >= 0.6 is 22.6 Å². The Bertz CT molecular complexity index is 390. The first-order chi connectivity index (χ1) is 6.66. The van der Waals surface area contributed by atoms with E-state index in [0.29, 0.717) is 5.82 Å². The molecule has 6 heteroatoms. The summed E-state index contributed by atoms with van der Waals surface area (Å²) in [5, 5.41) is 7.66. The molecule has 1 aromatic heterocycles. The lowest BCUT2D eigenvalue weighted by Crippen LogP contribution is -2.25. The number of aromatic nitrogens is 2. The molecule has 0 N–H and O–H groups in total. The largest absolute Gasteiger partial charge is 0.297 e. The molecular formula is C8H6IN3O2. The van der Waals surface area contributed by atoms with Crippen molar-refractivity contribution >= 4 is 40.1 Å². The summed E-state index contributed by atoms with van der Waals surface area (Å²) >= 11 is 2.03. The summed E-state index contributed by atoms with van der Waals surface area (Å²) in [5.41, 5.74) is 0. The Balaban J connectivity index is 2.27. The Hall–Kier alpha value is -1.05. The topological polar surface area (TPSA) is 63.2 Å². The van der Waals surface area contributed by atoms with E-state index in [-0.39, 0.29) is 24.7 Å². The number of halogens is 1. The van der Waals surface area contributed by atoms with Crippen molar-refractivity contribution in [3.05, 3.63) is 15.8 Å². The molecule has 2 rings (SSSR count). The van der Waals surface area contributed by atoms with Gasteiger partial charge in [-0.05, 0) is 34.7 Å². The van der Waals surface area contributed by atoms with E-state index in [4.69, 9.17) is 0 Å². The van der Waals surface area contributed by atoms with Crippen LogP contribution in [0.4, 0.5) is 5.82 Å². The average Bonchev–Trinajstić information content (AvgIpc) is 2.47. The third kappa shape index (κ3) is 1.74. The van der Waals surface area contributed by atoms with Crippen LogP contribution in [0.2, 0.25) is 0 Å². The third-order valence-corrected chi connectivity index (χ3v) is 2.45. The van der Waals surface area contributed by atoms with Gasteiger partial charge >= 0.3 is 0 Å². The van der Waals surface area contributed by atoms with Gasteiger partial charge in [0.05, 0.1) is 13.0 Å². The molecule has 0 spiro atoms. The number of nitrogens with zero attached hydrogens (tertiary/aromatic N) is 3. The van der Waals surface area contributed by atoms with Gasteiger partial charge in [0.2, 0.25) is 5.91 Å². The van der Waals surface area contributed by atoms with Crippen molar-refractivity contribution in [1.29, 1.82) is 0 Å². The van der Waals surface area contributed by atoms with E-state index >= 15 is 0 Å². The molecule has 0 unspecified atom stereocenters. The molecule has 1 aliphatic heterocycles. The second-order valence-electron chi connectivity index (χ2n) is 2.91. The first-order valence-corrected chi connectivity index (χ1v) is 5.06. The van der Waals surface area contributed by atoms with E-state index < -0.39 is 0 Å². The second-order valence-corrected chi connectivity index (χ2v) is 4.01. The Kier molecular flexibility index (Phi) is 2.44. The Morgan fingerprint density at radius 3 is 2.57 bits per heavy atom. The van der Waals surface area contributed by atoms with Crippen molar-refractivity contribution < 1.29 is 9.59 Å². The highest BCUT2D eigenvalue weighted by Gasteiger charge is 2.29. The number of amides is 1. The summed E-state index contributed by atoms with van der Waals surface area (Å²) in [6.45, 7) is 0.119. The zero-order chi connectivity index (χ0) is 10.1. The first-order valence-electron chi connectivity index (χ1n) is 3.98. The molecule has 1 aliphatic rings. The summed E-state index contributed by atoms with van der Waals surface area (Å²) in [7, 11) is 0. The van der Waals surface area contributed by atoms with Crippen LogP contribution in [0.5, 0.6) is 0 Å². The Labute approximate surface area is 93.6 Å². The number of ketones is 1. The van der Waals surface area contributed by atoms with Crippen LogP contribution in [-0.4, -0.2) is 28.4 Å². The molecule has 0 saturated carbocycles. The number of hydrogen-bond donors (Lipinski definition) is 0. The molecule has 1 saturated heterocycles. The van der Waals surface area contributed by atoms with Crippen molar-refractivity contribution in [3.8, 4) is 0 Å². The molecule has 0 bridgehead atoms. The van der Waals surface area contributed by atoms with Gasteiger partial charge in [0, 0.05) is 0 Å². The van der Waals surface area contributed by atoms with Gasteiger partial charge in [0.15, 0.2) is 11.6 Å². The molecule has 0 atom stereocenters. The standard InChI is InChI=1S/C8H6IN3O2/c9-6-1-2-7(11-10-6)12-4-5(13)3-8(12)14/h1-2H,3-4H2. The van der Waals surface area contributed by atoms with E-state index in [9.17, 15) is 9.59 Å². The molecule has 0 radical (unpaired) electrons. The lowest BCUT2D eigenvalue weighted by atomic mass is 10.3. The van der Waals surface area contributed by atoms with Crippen molar-refractivity contribution in [2.75, 3.05) is 11.4 Å². The fourth-order valence-corrected chi connectivity index (χ4v) is 1.53. The van der Waals surface area contributed by atoms with Gasteiger partial charge in [-0.2, -0.15) is 0 Å². The molecule has 5 nitrogen and oxygen atoms in total. The summed E-state index contributed by atoms with van der Waals surface area (Å²) < 4.78 is 0.754. The number of rotatable bonds is 1. The monoisotopic (exact) mass is 303 g/mol. The maximum absolute atomic E-state index is 11.3. The zero-order valence-corrected chi connectivity index (χ0v) is 9.26. The van der Waals surface area contributed by atoms with Crippen LogP contribution in [0.3, 0.4) is 0 Å². The number of anilines is 1. The van der Waals surface area contributed by atoms with E-state index in [1.54, 1.807) is 12.1 Å². The van der Waals surface area contributed by atoms with Gasteiger partial charge in [0.1, 0.15) is 3.70 Å². The van der Waals surface area contributed by atoms with Gasteiger partial charge in [-0.25, -0.2) is 0 Å². The lowest BCUT2D eigenvalue weighted by molar-refractivity contribution is -0.121. The smallest absolute Gasteiger partial charge is 0.236 e. The molecule has 1 fully saturated rings. The molecule has 14 heavy (non-hydrogen) atoms. The zero-order valence-electron chi connectivity index (χ0n) is 7.11. The third-order valence-electron chi connectivity index (χ3n) is 1.88. The maximum atomic E-state index is 11.3. The summed E-state index contributed by atoms with van der Waals surface area (Å²) in [6, 6.07) is 3.43. The molecule has 1 amide bonds. The number of hydrogen-bond acceptors (Lipinski definition) is 4. The first kappa shape index (κ1) is 9.50. The van der Waals surface area contributed by atoms with Crippen LogP contribution in [0, 0.1) is 3.70 Å². The fraction of sp³-hybridized carbons (Fsp3) is 0.250. The van der Waals surface area contributed by atoms with E-state index in [1.807, 2.05) is 22.6 Å². The molecule has 72 valence electrons. The minimum Gasteiger partial charge on any atom is -0.297 e. The van der Waals surface area contributed by atoms with E-state index in [1.165, 1.54) is 4.90 Å². The average molecular weight is 303 g/mol. The molecule has 1 aromatic rings. The number of Topliss-reactive ketones (excluding diaryl/α,β-unsaturated/α-hetero) is 1. The Morgan fingerprint density at radius 1 is 1.29 bits per heavy atom. The van der Waals surface area contributed by atoms with Crippen LogP contribution in [0.1, 0.15) is 6.42 Å². The minimum atomic E-state index is -0.203. The number of carbonyl (C=O) groups excluding carboxylic acids is 2. The SMILES string of the molecule is O=C1CC(=O)N(c2ccc(I)nn2)C1. The van der Waals surface area contributed by atoms with Crippen LogP contribution < -0.4 is 4.90 Å². The predicted octanol–water partition coefficient (Wildman–Crippen LogP) is 0.387. The summed E-state index contributed by atoms with van der Waals surface area (Å²) in [4.78, 5) is 23.7. The van der Waals surface area contributed by atoms with Gasteiger partial charge in [-0.1, -0.05) is 0 Å². The van der Waals surface area contributed by atoms with E-state index in [0.717, 1.165) is 3.70 Å². The van der Waals surface area contributed by atoms with Gasteiger partial charge < -0.3 is 0 Å². The van der Waals surface area contributed by atoms with Crippen molar-refractivity contribution in [2.24, 2.45) is 0 Å². The quantitative estimate of drug-likeness (QED) is 0.556. The highest BCUT2D eigenvalue weighted by atomic mass is 127. The van der Waals surface area contributed by atoms with Gasteiger partial charge in [-0.15, -0.1) is 10.2 Å². The van der Waals surface area contributed by atoms with E-state index in [2.05, 4.69) is 10.2 Å². The highest BCUT2D eigenvalue weighted by molar-refractivity contribution is 14.1. The molecule has 0 aliphatic carbocycles. The summed E-state index contributed by atoms with van der Waals surface area (Å²) in [5.74, 6) is 0.169. The van der Waals surface area contributed by atoms with Crippen molar-refractivity contribution in [1.82, 2.24) is 10.2 Å². The number of carbonyl (C=O) groups is 2.